The van der Waals surface area contributed by atoms with Crippen LogP contribution < -0.4 is 14.5 Å². The minimum absolute atomic E-state index is 0.678. The molecule has 0 saturated carbocycles. The van der Waals surface area contributed by atoms with Crippen molar-refractivity contribution in [3.05, 3.63) is 35.2 Å². The number of anilines is 2. The zero-order valence-corrected chi connectivity index (χ0v) is 23.0. The van der Waals surface area contributed by atoms with Gasteiger partial charge in [-0.3, -0.25) is 10.00 Å². The minimum atomic E-state index is -5.08. The number of H-pyrrole nitrogens is 1. The SMILES string of the molecule is CCc1[nH]nc2ncnc(N3CCN(c4ccc(OCCN5CCCCC5)c(Cl)c4)CC3)c12.O=C(O)C(F)(F)F. The number of nitrogens with zero attached hydrogens (tertiary/aromatic N) is 6. The Hall–Kier alpha value is -3.32. The number of carbonyl (C=O) groups is 1. The van der Waals surface area contributed by atoms with E-state index in [0.29, 0.717) is 11.6 Å². The number of fused-ring (bicyclic) bond motifs is 1. The van der Waals surface area contributed by atoms with Gasteiger partial charge in [0.2, 0.25) is 0 Å². The van der Waals surface area contributed by atoms with E-state index in [1.54, 1.807) is 6.33 Å². The van der Waals surface area contributed by atoms with Crippen molar-refractivity contribution in [3.63, 3.8) is 0 Å². The van der Waals surface area contributed by atoms with Crippen LogP contribution in [0.4, 0.5) is 24.7 Å². The summed E-state index contributed by atoms with van der Waals surface area (Å²) in [4.78, 5) is 25.0. The number of piperazine rings is 1. The van der Waals surface area contributed by atoms with Gasteiger partial charge in [-0.2, -0.15) is 18.3 Å². The average molecular weight is 584 g/mol. The van der Waals surface area contributed by atoms with E-state index in [0.717, 1.165) is 73.1 Å². The van der Waals surface area contributed by atoms with Crippen molar-refractivity contribution in [2.24, 2.45) is 0 Å². The van der Waals surface area contributed by atoms with Gasteiger partial charge in [-0.15, -0.1) is 0 Å². The van der Waals surface area contributed by atoms with Crippen LogP contribution >= 0.6 is 11.6 Å². The molecule has 3 aromatic rings. The van der Waals surface area contributed by atoms with E-state index in [-0.39, 0.29) is 0 Å². The molecule has 2 aromatic heterocycles. The third-order valence-electron chi connectivity index (χ3n) is 6.98. The second kappa shape index (κ2) is 13.4. The molecular weight excluding hydrogens is 551 g/mol. The lowest BCUT2D eigenvalue weighted by atomic mass is 10.1. The Bertz CT molecular complexity index is 1280. The highest BCUT2D eigenvalue weighted by Gasteiger charge is 2.38. The van der Waals surface area contributed by atoms with Gasteiger partial charge in [0.25, 0.3) is 0 Å². The van der Waals surface area contributed by atoms with Gasteiger partial charge in [-0.05, 0) is 50.6 Å². The number of piperidine rings is 1. The first-order chi connectivity index (χ1) is 19.2. The van der Waals surface area contributed by atoms with Crippen LogP contribution in [0.25, 0.3) is 11.0 Å². The maximum atomic E-state index is 10.6. The topological polar surface area (TPSA) is 111 Å². The quantitative estimate of drug-likeness (QED) is 0.418. The van der Waals surface area contributed by atoms with Crippen molar-refractivity contribution >= 4 is 40.1 Å². The number of aryl methyl sites for hydroxylation is 1. The molecule has 0 unspecified atom stereocenters. The second-order valence-corrected chi connectivity index (χ2v) is 10.0. The minimum Gasteiger partial charge on any atom is -0.491 e. The van der Waals surface area contributed by atoms with Crippen molar-refractivity contribution in [1.29, 1.82) is 0 Å². The smallest absolute Gasteiger partial charge is 0.490 e. The van der Waals surface area contributed by atoms with Gasteiger partial charge in [-0.1, -0.05) is 24.9 Å². The molecule has 10 nitrogen and oxygen atoms in total. The Morgan fingerprint density at radius 2 is 1.75 bits per heavy atom. The van der Waals surface area contributed by atoms with Crippen LogP contribution in [0, 0.1) is 0 Å². The van der Waals surface area contributed by atoms with E-state index in [4.69, 9.17) is 26.2 Å². The molecule has 14 heteroatoms. The number of carboxylic acid groups (broad SMARTS) is 1. The van der Waals surface area contributed by atoms with E-state index < -0.39 is 12.1 Å². The normalized spacial score (nSPS) is 16.5. The van der Waals surface area contributed by atoms with Crippen molar-refractivity contribution < 1.29 is 27.8 Å². The van der Waals surface area contributed by atoms with E-state index in [9.17, 15) is 13.2 Å². The highest BCUT2D eigenvalue weighted by atomic mass is 35.5. The van der Waals surface area contributed by atoms with E-state index >= 15 is 0 Å². The number of rotatable bonds is 7. The summed E-state index contributed by atoms with van der Waals surface area (Å²) in [7, 11) is 0. The molecule has 0 amide bonds. The maximum Gasteiger partial charge on any atom is 0.490 e. The zero-order valence-electron chi connectivity index (χ0n) is 22.3. The number of nitrogens with one attached hydrogen (secondary N) is 1. The average Bonchev–Trinajstić information content (AvgIpc) is 3.38. The zero-order chi connectivity index (χ0) is 28.7. The first-order valence-corrected chi connectivity index (χ1v) is 13.7. The molecule has 40 heavy (non-hydrogen) atoms. The van der Waals surface area contributed by atoms with Gasteiger partial charge in [-0.25, -0.2) is 14.8 Å². The Kier molecular flexibility index (Phi) is 9.90. The lowest BCUT2D eigenvalue weighted by molar-refractivity contribution is -0.192. The molecule has 4 heterocycles. The molecule has 0 spiro atoms. The van der Waals surface area contributed by atoms with E-state index in [2.05, 4.69) is 47.9 Å². The van der Waals surface area contributed by atoms with Crippen LogP contribution in [0.1, 0.15) is 31.9 Å². The van der Waals surface area contributed by atoms with Gasteiger partial charge in [0.05, 0.1) is 10.4 Å². The van der Waals surface area contributed by atoms with Crippen LogP contribution in [-0.4, -0.2) is 94.7 Å². The molecule has 218 valence electrons. The van der Waals surface area contributed by atoms with Crippen LogP contribution in [-0.2, 0) is 11.2 Å². The molecule has 2 saturated heterocycles. The third-order valence-corrected chi connectivity index (χ3v) is 7.27. The summed E-state index contributed by atoms with van der Waals surface area (Å²) >= 11 is 6.58. The lowest BCUT2D eigenvalue weighted by Crippen LogP contribution is -2.47. The van der Waals surface area contributed by atoms with Crippen LogP contribution in [0.2, 0.25) is 5.02 Å². The van der Waals surface area contributed by atoms with Crippen molar-refractivity contribution in [1.82, 2.24) is 25.1 Å². The summed E-state index contributed by atoms with van der Waals surface area (Å²) in [6, 6.07) is 6.15. The van der Waals surface area contributed by atoms with Gasteiger partial charge in [0.1, 0.15) is 24.5 Å². The number of aromatic nitrogens is 4. The lowest BCUT2D eigenvalue weighted by Gasteiger charge is -2.37. The molecule has 0 radical (unpaired) electrons. The number of halogens is 4. The fraction of sp³-hybridized carbons (Fsp3) is 0.538. The first-order valence-electron chi connectivity index (χ1n) is 13.3. The molecular formula is C26H33ClF3N7O3. The van der Waals surface area contributed by atoms with Crippen LogP contribution in [0.3, 0.4) is 0 Å². The maximum absolute atomic E-state index is 10.6. The fourth-order valence-corrected chi connectivity index (χ4v) is 5.07. The summed E-state index contributed by atoms with van der Waals surface area (Å²) in [5.41, 5.74) is 2.96. The highest BCUT2D eigenvalue weighted by Crippen LogP contribution is 2.31. The second-order valence-electron chi connectivity index (χ2n) is 9.59. The summed E-state index contributed by atoms with van der Waals surface area (Å²) in [6.45, 7) is 9.69. The highest BCUT2D eigenvalue weighted by molar-refractivity contribution is 6.32. The predicted molar refractivity (Wildman–Crippen MR) is 146 cm³/mol. The van der Waals surface area contributed by atoms with E-state index in [1.807, 2.05) is 12.1 Å². The molecule has 2 aliphatic rings. The first kappa shape index (κ1) is 29.7. The Morgan fingerprint density at radius 1 is 1.07 bits per heavy atom. The van der Waals surface area contributed by atoms with Gasteiger partial charge in [0, 0.05) is 44.1 Å². The van der Waals surface area contributed by atoms with E-state index in [1.165, 1.54) is 32.4 Å². The van der Waals surface area contributed by atoms with Gasteiger partial charge < -0.3 is 19.6 Å². The number of hydrogen-bond acceptors (Lipinski definition) is 8. The molecule has 0 bridgehead atoms. The number of aliphatic carboxylic acids is 1. The molecule has 0 atom stereocenters. The monoisotopic (exact) mass is 583 g/mol. The Morgan fingerprint density at radius 3 is 2.38 bits per heavy atom. The number of benzene rings is 1. The summed E-state index contributed by atoms with van der Waals surface area (Å²) in [5, 5.41) is 16.3. The van der Waals surface area contributed by atoms with Crippen molar-refractivity contribution in [2.45, 2.75) is 38.8 Å². The molecule has 2 N–H and O–H groups in total. The Labute approximate surface area is 235 Å². The summed E-state index contributed by atoms with van der Waals surface area (Å²) in [5.74, 6) is -1.01. The summed E-state index contributed by atoms with van der Waals surface area (Å²) < 4.78 is 37.7. The number of likely N-dealkylation sites (tertiary alicyclic amines) is 1. The van der Waals surface area contributed by atoms with Gasteiger partial charge in [0.15, 0.2) is 5.65 Å². The molecule has 1 aromatic carbocycles. The number of alkyl halides is 3. The van der Waals surface area contributed by atoms with Crippen molar-refractivity contribution in [3.8, 4) is 5.75 Å². The largest absolute Gasteiger partial charge is 0.491 e. The van der Waals surface area contributed by atoms with Crippen LogP contribution in [0.15, 0.2) is 24.5 Å². The third kappa shape index (κ3) is 7.45. The molecule has 0 aliphatic carbocycles. The van der Waals surface area contributed by atoms with Crippen molar-refractivity contribution in [2.75, 3.05) is 62.2 Å². The number of ether oxygens (including phenoxy) is 1. The molecule has 2 fully saturated rings. The number of hydrogen-bond donors (Lipinski definition) is 2. The number of carboxylic acids is 1. The van der Waals surface area contributed by atoms with Gasteiger partial charge >= 0.3 is 12.1 Å². The summed E-state index contributed by atoms with van der Waals surface area (Å²) in [6.07, 6.45) is 1.35. The Balaban J connectivity index is 0.000000470. The predicted octanol–water partition coefficient (Wildman–Crippen LogP) is 4.39. The molecule has 5 rings (SSSR count). The molecule has 2 aliphatic heterocycles. The number of aromatic amines is 1. The van der Waals surface area contributed by atoms with Crippen LogP contribution in [0.5, 0.6) is 5.75 Å². The standard InChI is InChI=1S/C24H32ClN7O.C2HF3O2/c1-2-20-22-23(29-28-20)26-17-27-24(22)32-12-10-31(11-13-32)18-6-7-21(19(25)16-18)33-15-14-30-8-4-3-5-9-30;3-2(4,5)1(6)7/h6-7,16-17H,2-5,8-15H2,1H3,(H,26,27,28,29);(H,6,7). The fourth-order valence-electron chi connectivity index (χ4n) is 4.84.